The van der Waals surface area contributed by atoms with Gasteiger partial charge in [0.1, 0.15) is 0 Å². The number of β-amino-alcohol motifs (C(OH)–C–C–N with tert-alkyl or cyclic N) is 1. The van der Waals surface area contributed by atoms with Crippen molar-refractivity contribution < 1.29 is 71.2 Å². The van der Waals surface area contributed by atoms with Gasteiger partial charge < -0.3 is 26.6 Å². The molecule has 158 valence electrons. The Balaban J connectivity index is -0.000000404. The van der Waals surface area contributed by atoms with Gasteiger partial charge in [0, 0.05) is 38.4 Å². The SMILES string of the molecule is C#Cc1ccc(CNC=O)nc1.CC(C)(C)CC(=O)N1CCC(O)C1.CO.[K+].[NH2-]. The minimum atomic E-state index is -0.302. The summed E-state index contributed by atoms with van der Waals surface area (Å²) >= 11 is 0. The third kappa shape index (κ3) is 15.6. The summed E-state index contributed by atoms with van der Waals surface area (Å²) < 4.78 is 0. The van der Waals surface area contributed by atoms with Crippen LogP contribution in [0.4, 0.5) is 0 Å². The van der Waals surface area contributed by atoms with Crippen LogP contribution >= 0.6 is 0 Å². The summed E-state index contributed by atoms with van der Waals surface area (Å²) in [6.07, 6.45) is 8.37. The second kappa shape index (κ2) is 18.0. The number of aliphatic hydroxyl groups excluding tert-OH is 2. The van der Waals surface area contributed by atoms with E-state index in [2.05, 4.69) is 37.0 Å². The zero-order chi connectivity index (χ0) is 20.9. The second-order valence-corrected chi connectivity index (χ2v) is 7.20. The quantitative estimate of drug-likeness (QED) is 0.307. The molecule has 1 aliphatic rings. The summed E-state index contributed by atoms with van der Waals surface area (Å²) in [7, 11) is 1.00. The Labute approximate surface area is 216 Å². The van der Waals surface area contributed by atoms with Gasteiger partial charge >= 0.3 is 51.4 Å². The molecule has 0 radical (unpaired) electrons. The van der Waals surface area contributed by atoms with Crippen molar-refractivity contribution in [2.75, 3.05) is 20.2 Å². The van der Waals surface area contributed by atoms with Gasteiger partial charge in [0.2, 0.25) is 12.3 Å². The first-order chi connectivity index (χ1) is 12.7. The largest absolute Gasteiger partial charge is 1.00 e. The number of likely N-dealkylation sites (tertiary alicyclic amines) is 1. The number of carbonyl (C=O) groups is 2. The monoisotopic (exact) mass is 432 g/mol. The number of nitrogens with two attached hydrogens (primary N) is 1. The zero-order valence-electron chi connectivity index (χ0n) is 18.2. The van der Waals surface area contributed by atoms with E-state index in [1.807, 2.05) is 0 Å². The number of nitrogens with one attached hydrogen (secondary N) is 1. The number of terminal acetylenes is 1. The first kappa shape index (κ1) is 32.8. The Morgan fingerprint density at radius 2 is 2.03 bits per heavy atom. The van der Waals surface area contributed by atoms with Gasteiger partial charge in [-0.05, 0) is 24.0 Å². The molecule has 2 rings (SSSR count). The number of carbonyl (C=O) groups excluding carboxylic acids is 2. The molecule has 0 saturated carbocycles. The van der Waals surface area contributed by atoms with Crippen molar-refractivity contribution in [3.63, 3.8) is 0 Å². The molecule has 0 spiro atoms. The van der Waals surface area contributed by atoms with Crippen LogP contribution in [0.2, 0.25) is 0 Å². The van der Waals surface area contributed by atoms with E-state index < -0.39 is 0 Å². The van der Waals surface area contributed by atoms with Crippen LogP contribution < -0.4 is 56.7 Å². The molecule has 1 saturated heterocycles. The number of pyridine rings is 1. The molecule has 9 heteroatoms. The number of aliphatic hydroxyl groups is 2. The van der Waals surface area contributed by atoms with Crippen molar-refractivity contribution in [2.24, 2.45) is 5.41 Å². The van der Waals surface area contributed by atoms with Gasteiger partial charge in [-0.3, -0.25) is 14.6 Å². The van der Waals surface area contributed by atoms with Crippen molar-refractivity contribution >= 4 is 12.3 Å². The van der Waals surface area contributed by atoms with Crippen LogP contribution in [0.3, 0.4) is 0 Å². The van der Waals surface area contributed by atoms with Crippen molar-refractivity contribution in [1.82, 2.24) is 15.2 Å². The van der Waals surface area contributed by atoms with Gasteiger partial charge in [-0.1, -0.05) is 26.7 Å². The molecular formula is C20H33KN4O4. The average Bonchev–Trinajstić information content (AvgIpc) is 3.08. The van der Waals surface area contributed by atoms with Crippen LogP contribution in [-0.2, 0) is 16.1 Å². The van der Waals surface area contributed by atoms with Crippen molar-refractivity contribution in [3.8, 4) is 12.3 Å². The van der Waals surface area contributed by atoms with Gasteiger partial charge in [0.05, 0.1) is 18.3 Å². The molecule has 1 unspecified atom stereocenters. The molecule has 8 nitrogen and oxygen atoms in total. The summed E-state index contributed by atoms with van der Waals surface area (Å²) in [6, 6.07) is 3.57. The maximum absolute atomic E-state index is 11.6. The van der Waals surface area contributed by atoms with E-state index in [-0.39, 0.29) is 75.0 Å². The molecule has 0 aliphatic carbocycles. The third-order valence-electron chi connectivity index (χ3n) is 3.56. The van der Waals surface area contributed by atoms with Gasteiger partial charge in [-0.25, -0.2) is 0 Å². The van der Waals surface area contributed by atoms with Crippen LogP contribution in [0.5, 0.6) is 0 Å². The molecule has 0 aromatic carbocycles. The second-order valence-electron chi connectivity index (χ2n) is 7.20. The van der Waals surface area contributed by atoms with Crippen molar-refractivity contribution in [2.45, 2.75) is 46.3 Å². The summed E-state index contributed by atoms with van der Waals surface area (Å²) in [5, 5.41) is 18.8. The Hall–Kier alpha value is -0.834. The van der Waals surface area contributed by atoms with E-state index in [1.165, 1.54) is 0 Å². The first-order valence-corrected chi connectivity index (χ1v) is 8.74. The van der Waals surface area contributed by atoms with E-state index in [4.69, 9.17) is 11.5 Å². The van der Waals surface area contributed by atoms with Gasteiger partial charge in [-0.2, -0.15) is 0 Å². The summed E-state index contributed by atoms with van der Waals surface area (Å²) in [5.41, 5.74) is 1.58. The fourth-order valence-corrected chi connectivity index (χ4v) is 2.29. The number of nitrogens with zero attached hydrogens (tertiary/aromatic N) is 2. The van der Waals surface area contributed by atoms with Crippen LogP contribution in [-0.4, -0.2) is 58.7 Å². The van der Waals surface area contributed by atoms with E-state index in [0.29, 0.717) is 25.9 Å². The van der Waals surface area contributed by atoms with E-state index in [0.717, 1.165) is 31.3 Å². The van der Waals surface area contributed by atoms with Gasteiger partial charge in [0.15, 0.2) is 0 Å². The Morgan fingerprint density at radius 1 is 1.41 bits per heavy atom. The number of aromatic nitrogens is 1. The minimum absolute atomic E-state index is 0. The topological polar surface area (TPSA) is 136 Å². The van der Waals surface area contributed by atoms with Crippen LogP contribution in [0.15, 0.2) is 18.3 Å². The molecule has 1 aromatic rings. The van der Waals surface area contributed by atoms with Gasteiger partial charge in [0.25, 0.3) is 0 Å². The molecule has 5 N–H and O–H groups in total. The Bertz CT molecular complexity index is 612. The van der Waals surface area contributed by atoms with E-state index >= 15 is 0 Å². The van der Waals surface area contributed by atoms with Crippen LogP contribution in [0.1, 0.15) is 44.9 Å². The Morgan fingerprint density at radius 3 is 2.41 bits per heavy atom. The molecule has 0 bridgehead atoms. The summed E-state index contributed by atoms with van der Waals surface area (Å²) in [5.74, 6) is 2.63. The molecule has 2 amide bonds. The van der Waals surface area contributed by atoms with Crippen LogP contribution in [0, 0.1) is 17.8 Å². The average molecular weight is 433 g/mol. The smallest absolute Gasteiger partial charge is 0.693 e. The number of hydrogen-bond acceptors (Lipinski definition) is 5. The number of rotatable bonds is 4. The molecule has 29 heavy (non-hydrogen) atoms. The van der Waals surface area contributed by atoms with Gasteiger partial charge in [-0.15, -0.1) is 6.42 Å². The predicted octanol–water partition coefficient (Wildman–Crippen LogP) is -1.35. The minimum Gasteiger partial charge on any atom is -0.693 e. The van der Waals surface area contributed by atoms with E-state index in [1.54, 1.807) is 23.2 Å². The van der Waals surface area contributed by atoms with Crippen molar-refractivity contribution in [1.29, 1.82) is 0 Å². The molecule has 1 atom stereocenters. The fraction of sp³-hybridized carbons (Fsp3) is 0.550. The van der Waals surface area contributed by atoms with Crippen molar-refractivity contribution in [3.05, 3.63) is 35.7 Å². The summed E-state index contributed by atoms with van der Waals surface area (Å²) in [4.78, 5) is 27.3. The predicted molar refractivity (Wildman–Crippen MR) is 110 cm³/mol. The maximum Gasteiger partial charge on any atom is 1.00 e. The normalized spacial score (nSPS) is 14.4. The first-order valence-electron chi connectivity index (χ1n) is 8.74. The molecule has 1 fully saturated rings. The van der Waals surface area contributed by atoms with Crippen LogP contribution in [0.25, 0.3) is 6.15 Å². The molecule has 2 heterocycles. The Kier molecular flexibility index (Phi) is 20.3. The molecular weight excluding hydrogens is 399 g/mol. The standard InChI is InChI=1S/C10H19NO2.C9H8N2O.CH4O.K.H2N/c1-10(2,3)6-9(13)11-5-4-8(12)7-11;1-2-8-3-4-9(11-5-8)6-10-7-12;1-2;;/h8,12H,4-7H2,1-3H3;1,3-5,7H,6H2,(H,10,12);2H,1H3;;1H2/q;;;+1;-1. The molecule has 1 aliphatic heterocycles. The van der Waals surface area contributed by atoms with E-state index in [9.17, 15) is 14.7 Å². The molecule has 1 aromatic heterocycles. The third-order valence-corrected chi connectivity index (χ3v) is 3.56. The summed E-state index contributed by atoms with van der Waals surface area (Å²) in [6.45, 7) is 7.84. The number of amides is 2. The maximum atomic E-state index is 11.6. The zero-order valence-corrected chi connectivity index (χ0v) is 21.3. The fourth-order valence-electron chi connectivity index (χ4n) is 2.29. The number of hydrogen-bond donors (Lipinski definition) is 3.